The molecule has 0 aromatic heterocycles. The fraction of sp³-hybridized carbons (Fsp3) is 0. The first-order valence-electron chi connectivity index (χ1n) is 4.84. The third-order valence-corrected chi connectivity index (χ3v) is 2.65. The van der Waals surface area contributed by atoms with Crippen LogP contribution < -0.4 is 10.9 Å². The zero-order valence-corrected chi connectivity index (χ0v) is 8.23. The molecule has 1 heterocycles. The van der Waals surface area contributed by atoms with E-state index in [0.29, 0.717) is 11.1 Å². The number of carbonyl (C=O) groups is 2. The third-order valence-electron chi connectivity index (χ3n) is 2.65. The van der Waals surface area contributed by atoms with E-state index in [1.165, 1.54) is 0 Å². The van der Waals surface area contributed by atoms with Crippen molar-refractivity contribution in [3.8, 4) is 0 Å². The summed E-state index contributed by atoms with van der Waals surface area (Å²) in [5.74, 6) is -0.730. The number of nitrogens with one attached hydrogen (secondary N) is 1. The molecular weight excluding hydrogens is 204 g/mol. The van der Waals surface area contributed by atoms with Crippen LogP contribution in [0.5, 0.6) is 0 Å². The minimum Gasteiger partial charge on any atom is -0.267 e. The van der Waals surface area contributed by atoms with Crippen molar-refractivity contribution in [3.63, 3.8) is 0 Å². The van der Waals surface area contributed by atoms with Gasteiger partial charge in [0.05, 0.1) is 11.1 Å². The SMILES string of the molecule is O=C1[N]NC(=O)c2c1ccc1ccccc21. The standard InChI is InChI=1S/C12H7N2O2/c15-11-9-6-5-7-3-1-2-4-8(7)10(9)12(16)14-13-11/h1-6H,(H,14,16). The van der Waals surface area contributed by atoms with Crippen molar-refractivity contribution in [2.45, 2.75) is 0 Å². The van der Waals surface area contributed by atoms with Crippen LogP contribution in [0.1, 0.15) is 20.7 Å². The van der Waals surface area contributed by atoms with E-state index in [0.717, 1.165) is 10.8 Å². The second-order valence-electron chi connectivity index (χ2n) is 3.57. The molecule has 0 saturated heterocycles. The molecule has 2 aromatic rings. The van der Waals surface area contributed by atoms with Crippen molar-refractivity contribution in [2.24, 2.45) is 0 Å². The molecule has 0 bridgehead atoms. The number of rotatable bonds is 0. The molecule has 0 spiro atoms. The first-order valence-corrected chi connectivity index (χ1v) is 4.84. The molecule has 2 aromatic carbocycles. The van der Waals surface area contributed by atoms with Crippen LogP contribution in [0.4, 0.5) is 0 Å². The van der Waals surface area contributed by atoms with Crippen molar-refractivity contribution in [1.29, 1.82) is 0 Å². The van der Waals surface area contributed by atoms with E-state index in [2.05, 4.69) is 10.9 Å². The number of fused-ring (bicyclic) bond motifs is 3. The van der Waals surface area contributed by atoms with Crippen LogP contribution >= 0.6 is 0 Å². The fourth-order valence-corrected chi connectivity index (χ4v) is 1.91. The van der Waals surface area contributed by atoms with Crippen molar-refractivity contribution in [3.05, 3.63) is 47.5 Å². The summed E-state index contributed by atoms with van der Waals surface area (Å²) >= 11 is 0. The molecule has 2 amide bonds. The van der Waals surface area contributed by atoms with Gasteiger partial charge in [-0.2, -0.15) is 0 Å². The first-order chi connectivity index (χ1) is 7.77. The Hall–Kier alpha value is -2.36. The zero-order valence-electron chi connectivity index (χ0n) is 8.23. The quantitative estimate of drug-likeness (QED) is 0.712. The molecule has 1 N–H and O–H groups in total. The van der Waals surface area contributed by atoms with Gasteiger partial charge in [0.1, 0.15) is 0 Å². The minimum atomic E-state index is -0.402. The average molecular weight is 211 g/mol. The van der Waals surface area contributed by atoms with Crippen LogP contribution in [-0.2, 0) is 0 Å². The summed E-state index contributed by atoms with van der Waals surface area (Å²) in [6.45, 7) is 0. The maximum atomic E-state index is 11.7. The lowest BCUT2D eigenvalue weighted by Crippen LogP contribution is -2.41. The Morgan fingerprint density at radius 3 is 2.69 bits per heavy atom. The van der Waals surface area contributed by atoms with Gasteiger partial charge in [-0.15, -0.1) is 5.43 Å². The molecule has 16 heavy (non-hydrogen) atoms. The molecule has 0 saturated carbocycles. The van der Waals surface area contributed by atoms with Gasteiger partial charge in [-0.1, -0.05) is 30.3 Å². The van der Waals surface area contributed by atoms with Crippen LogP contribution in [0.15, 0.2) is 36.4 Å². The molecule has 0 fully saturated rings. The molecule has 1 aliphatic heterocycles. The number of benzene rings is 2. The van der Waals surface area contributed by atoms with E-state index in [-0.39, 0.29) is 5.91 Å². The summed E-state index contributed by atoms with van der Waals surface area (Å²) in [4.78, 5) is 23.2. The number of hydrogen-bond donors (Lipinski definition) is 1. The van der Waals surface area contributed by atoms with Crippen molar-refractivity contribution >= 4 is 22.6 Å². The van der Waals surface area contributed by atoms with Gasteiger partial charge in [0.15, 0.2) is 0 Å². The monoisotopic (exact) mass is 211 g/mol. The van der Waals surface area contributed by atoms with Gasteiger partial charge in [0.25, 0.3) is 11.8 Å². The van der Waals surface area contributed by atoms with Crippen LogP contribution in [0.2, 0.25) is 0 Å². The maximum absolute atomic E-state index is 11.7. The van der Waals surface area contributed by atoms with Crippen LogP contribution in [0.25, 0.3) is 10.8 Å². The van der Waals surface area contributed by atoms with E-state index >= 15 is 0 Å². The predicted octanol–water partition coefficient (Wildman–Crippen LogP) is 1.24. The Labute approximate surface area is 91.2 Å². The Bertz CT molecular complexity index is 619. The highest BCUT2D eigenvalue weighted by molar-refractivity contribution is 6.18. The topological polar surface area (TPSA) is 60.3 Å². The molecule has 4 nitrogen and oxygen atoms in total. The number of hydrogen-bond acceptors (Lipinski definition) is 2. The van der Waals surface area contributed by atoms with Crippen molar-refractivity contribution in [2.75, 3.05) is 0 Å². The Morgan fingerprint density at radius 2 is 1.81 bits per heavy atom. The highest BCUT2D eigenvalue weighted by Gasteiger charge is 2.26. The normalized spacial score (nSPS) is 14.2. The van der Waals surface area contributed by atoms with Gasteiger partial charge < -0.3 is 0 Å². The maximum Gasteiger partial charge on any atom is 0.294 e. The van der Waals surface area contributed by atoms with E-state index in [1.807, 2.05) is 30.3 Å². The molecule has 0 atom stereocenters. The van der Waals surface area contributed by atoms with Crippen molar-refractivity contribution < 1.29 is 9.59 Å². The molecule has 1 aliphatic rings. The van der Waals surface area contributed by atoms with Gasteiger partial charge in [-0.3, -0.25) is 9.59 Å². The zero-order chi connectivity index (χ0) is 11.1. The number of carbonyl (C=O) groups excluding carboxylic acids is 2. The summed E-state index contributed by atoms with van der Waals surface area (Å²) in [6.07, 6.45) is 0. The van der Waals surface area contributed by atoms with Crippen LogP contribution in [0, 0.1) is 0 Å². The Balaban J connectivity index is 2.44. The van der Waals surface area contributed by atoms with E-state index in [9.17, 15) is 9.59 Å². The lowest BCUT2D eigenvalue weighted by molar-refractivity contribution is 0.0812. The summed E-state index contributed by atoms with van der Waals surface area (Å²) < 4.78 is 0. The van der Waals surface area contributed by atoms with Crippen LogP contribution in [0.3, 0.4) is 0 Å². The Morgan fingerprint density at radius 1 is 1.00 bits per heavy atom. The molecule has 1 radical (unpaired) electrons. The van der Waals surface area contributed by atoms with Gasteiger partial charge in [0, 0.05) is 0 Å². The smallest absolute Gasteiger partial charge is 0.267 e. The van der Waals surface area contributed by atoms with Crippen molar-refractivity contribution in [1.82, 2.24) is 10.9 Å². The molecular formula is C12H7N2O2. The molecule has 4 heteroatoms. The number of amides is 2. The van der Waals surface area contributed by atoms with E-state index in [4.69, 9.17) is 0 Å². The van der Waals surface area contributed by atoms with E-state index in [1.54, 1.807) is 6.07 Å². The summed E-state index contributed by atoms with van der Waals surface area (Å²) in [6, 6.07) is 10.9. The Kier molecular flexibility index (Phi) is 1.71. The first kappa shape index (κ1) is 8.91. The predicted molar refractivity (Wildman–Crippen MR) is 57.9 cm³/mol. The average Bonchev–Trinajstić information content (AvgIpc) is 2.33. The molecule has 77 valence electrons. The molecule has 3 rings (SSSR count). The lowest BCUT2D eigenvalue weighted by Gasteiger charge is -2.16. The summed E-state index contributed by atoms with van der Waals surface area (Å²) in [7, 11) is 0. The third kappa shape index (κ3) is 1.10. The largest absolute Gasteiger partial charge is 0.294 e. The van der Waals surface area contributed by atoms with Gasteiger partial charge in [-0.25, -0.2) is 5.43 Å². The highest BCUT2D eigenvalue weighted by Crippen LogP contribution is 2.24. The molecule has 0 unspecified atom stereocenters. The fourth-order valence-electron chi connectivity index (χ4n) is 1.91. The molecule has 0 aliphatic carbocycles. The number of nitrogens with zero attached hydrogens (tertiary/aromatic N) is 1. The minimum absolute atomic E-state index is 0.327. The van der Waals surface area contributed by atoms with Gasteiger partial charge >= 0.3 is 0 Å². The second kappa shape index (κ2) is 3.06. The van der Waals surface area contributed by atoms with E-state index < -0.39 is 5.91 Å². The second-order valence-corrected chi connectivity index (χ2v) is 3.57. The lowest BCUT2D eigenvalue weighted by atomic mass is 9.97. The summed E-state index contributed by atoms with van der Waals surface area (Å²) in [5.41, 5.74) is 6.42. The van der Waals surface area contributed by atoms with Crippen LogP contribution in [-0.4, -0.2) is 11.8 Å². The highest BCUT2D eigenvalue weighted by atomic mass is 16.2. The summed E-state index contributed by atoms with van der Waals surface area (Å²) in [5, 5.41) is 1.71. The van der Waals surface area contributed by atoms with Gasteiger partial charge in [0.2, 0.25) is 0 Å². The van der Waals surface area contributed by atoms with Gasteiger partial charge in [-0.05, 0) is 16.8 Å².